The Morgan fingerprint density at radius 3 is 2.62 bits per heavy atom. The predicted molar refractivity (Wildman–Crippen MR) is 79.8 cm³/mol. The zero-order valence-corrected chi connectivity index (χ0v) is 12.9. The van der Waals surface area contributed by atoms with Crippen LogP contribution in [0, 0.1) is 0 Å². The van der Waals surface area contributed by atoms with Crippen LogP contribution in [0.3, 0.4) is 0 Å². The Hall–Kier alpha value is -1.14. The highest BCUT2D eigenvalue weighted by molar-refractivity contribution is 5.95. The summed E-state index contributed by atoms with van der Waals surface area (Å²) in [5, 5.41) is 15.3. The number of aliphatic hydroxyl groups is 1. The van der Waals surface area contributed by atoms with Gasteiger partial charge in [0.1, 0.15) is 0 Å². The molecule has 2 rings (SSSR count). The van der Waals surface area contributed by atoms with Crippen molar-refractivity contribution in [2.75, 3.05) is 19.6 Å². The molecule has 0 aromatic carbocycles. The number of urea groups is 1. The Labute approximate surface area is 126 Å². The molecule has 120 valence electrons. The van der Waals surface area contributed by atoms with E-state index in [1.807, 2.05) is 11.8 Å². The number of amides is 3. The van der Waals surface area contributed by atoms with E-state index in [9.17, 15) is 14.7 Å². The zero-order chi connectivity index (χ0) is 15.3. The molecule has 3 amide bonds. The Morgan fingerprint density at radius 2 is 1.90 bits per heavy atom. The van der Waals surface area contributed by atoms with Crippen LogP contribution in [-0.2, 0) is 4.79 Å². The van der Waals surface area contributed by atoms with Gasteiger partial charge in [-0.15, -0.1) is 0 Å². The molecule has 0 bridgehead atoms. The van der Waals surface area contributed by atoms with E-state index in [2.05, 4.69) is 10.6 Å². The predicted octanol–water partition coefficient (Wildman–Crippen LogP) is 0.992. The summed E-state index contributed by atoms with van der Waals surface area (Å²) in [7, 11) is 0. The molecule has 0 aromatic rings. The van der Waals surface area contributed by atoms with Crippen LogP contribution in [0.4, 0.5) is 4.79 Å². The third kappa shape index (κ3) is 5.63. The van der Waals surface area contributed by atoms with E-state index >= 15 is 0 Å². The molecule has 1 atom stereocenters. The lowest BCUT2D eigenvalue weighted by Crippen LogP contribution is -2.47. The summed E-state index contributed by atoms with van der Waals surface area (Å²) in [4.78, 5) is 25.6. The third-order valence-electron chi connectivity index (χ3n) is 4.47. The summed E-state index contributed by atoms with van der Waals surface area (Å²) in [5.41, 5.74) is -0.634. The highest BCUT2D eigenvalue weighted by Crippen LogP contribution is 2.21. The van der Waals surface area contributed by atoms with Crippen molar-refractivity contribution in [3.63, 3.8) is 0 Å². The summed E-state index contributed by atoms with van der Waals surface area (Å²) in [6.07, 6.45) is 6.58. The molecule has 1 aliphatic carbocycles. The maximum Gasteiger partial charge on any atom is 0.321 e. The van der Waals surface area contributed by atoms with Crippen LogP contribution < -0.4 is 10.6 Å². The van der Waals surface area contributed by atoms with Crippen molar-refractivity contribution < 1.29 is 14.7 Å². The Morgan fingerprint density at radius 1 is 1.19 bits per heavy atom. The standard InChI is InChI=1S/C15H27N3O3/c1-15(21)7-4-9-18(10-8-15)11-13(19)17-14(20)16-12-5-2-3-6-12/h12,21H,2-11H2,1H3,(H2,16,17,19,20). The average Bonchev–Trinajstić information content (AvgIpc) is 2.82. The van der Waals surface area contributed by atoms with Crippen LogP contribution in [0.15, 0.2) is 0 Å². The molecular weight excluding hydrogens is 270 g/mol. The van der Waals surface area contributed by atoms with Gasteiger partial charge in [0.25, 0.3) is 0 Å². The van der Waals surface area contributed by atoms with Gasteiger partial charge >= 0.3 is 6.03 Å². The lowest BCUT2D eigenvalue weighted by atomic mass is 9.98. The molecule has 1 heterocycles. The fraction of sp³-hybridized carbons (Fsp3) is 0.867. The molecule has 2 fully saturated rings. The zero-order valence-electron chi connectivity index (χ0n) is 12.9. The van der Waals surface area contributed by atoms with Crippen LogP contribution in [0.2, 0.25) is 0 Å². The molecule has 3 N–H and O–H groups in total. The third-order valence-corrected chi connectivity index (χ3v) is 4.47. The summed E-state index contributed by atoms with van der Waals surface area (Å²) in [6, 6.07) is -0.167. The highest BCUT2D eigenvalue weighted by atomic mass is 16.3. The largest absolute Gasteiger partial charge is 0.390 e. The molecule has 0 spiro atoms. The van der Waals surface area contributed by atoms with Crippen molar-refractivity contribution in [1.82, 2.24) is 15.5 Å². The number of nitrogens with one attached hydrogen (secondary N) is 2. The van der Waals surface area contributed by atoms with Crippen molar-refractivity contribution in [2.24, 2.45) is 0 Å². The van der Waals surface area contributed by atoms with Crippen LogP contribution in [0.5, 0.6) is 0 Å². The van der Waals surface area contributed by atoms with Crippen molar-refractivity contribution in [2.45, 2.75) is 63.5 Å². The first-order valence-electron chi connectivity index (χ1n) is 8.00. The number of likely N-dealkylation sites (tertiary alicyclic amines) is 1. The normalized spacial score (nSPS) is 28.1. The van der Waals surface area contributed by atoms with Gasteiger partial charge in [-0.25, -0.2) is 4.79 Å². The lowest BCUT2D eigenvalue weighted by Gasteiger charge is -2.22. The minimum atomic E-state index is -0.634. The van der Waals surface area contributed by atoms with Gasteiger partial charge in [-0.05, 0) is 45.6 Å². The molecular formula is C15H27N3O3. The van der Waals surface area contributed by atoms with Crippen LogP contribution >= 0.6 is 0 Å². The number of hydrogen-bond acceptors (Lipinski definition) is 4. The van der Waals surface area contributed by atoms with Gasteiger partial charge in [0, 0.05) is 12.6 Å². The van der Waals surface area contributed by atoms with E-state index in [0.29, 0.717) is 13.0 Å². The Bertz CT molecular complexity index is 378. The van der Waals surface area contributed by atoms with Gasteiger partial charge in [-0.2, -0.15) is 0 Å². The number of carbonyl (C=O) groups is 2. The van der Waals surface area contributed by atoms with Gasteiger partial charge in [0.15, 0.2) is 0 Å². The fourth-order valence-corrected chi connectivity index (χ4v) is 3.14. The molecule has 1 saturated heterocycles. The average molecular weight is 297 g/mol. The maximum absolute atomic E-state index is 11.9. The molecule has 6 heteroatoms. The SMILES string of the molecule is CC1(O)CCCN(CC(=O)NC(=O)NC2CCCC2)CC1. The lowest BCUT2D eigenvalue weighted by molar-refractivity contribution is -0.121. The number of imide groups is 1. The van der Waals surface area contributed by atoms with E-state index in [1.165, 1.54) is 0 Å². The number of nitrogens with zero attached hydrogens (tertiary/aromatic N) is 1. The van der Waals surface area contributed by atoms with Gasteiger partial charge < -0.3 is 10.4 Å². The maximum atomic E-state index is 11.9. The van der Waals surface area contributed by atoms with Crippen molar-refractivity contribution in [1.29, 1.82) is 0 Å². The molecule has 1 saturated carbocycles. The number of carbonyl (C=O) groups excluding carboxylic acids is 2. The Balaban J connectivity index is 1.69. The monoisotopic (exact) mass is 297 g/mol. The molecule has 2 aliphatic rings. The first-order valence-corrected chi connectivity index (χ1v) is 8.00. The number of hydrogen-bond donors (Lipinski definition) is 3. The highest BCUT2D eigenvalue weighted by Gasteiger charge is 2.26. The smallest absolute Gasteiger partial charge is 0.321 e. The van der Waals surface area contributed by atoms with Crippen LogP contribution in [-0.4, -0.2) is 53.2 Å². The molecule has 6 nitrogen and oxygen atoms in total. The van der Waals surface area contributed by atoms with Gasteiger partial charge in [-0.1, -0.05) is 12.8 Å². The summed E-state index contributed by atoms with van der Waals surface area (Å²) >= 11 is 0. The molecule has 1 unspecified atom stereocenters. The quantitative estimate of drug-likeness (QED) is 0.725. The van der Waals surface area contributed by atoms with E-state index in [-0.39, 0.29) is 24.5 Å². The summed E-state index contributed by atoms with van der Waals surface area (Å²) in [6.45, 7) is 3.53. The van der Waals surface area contributed by atoms with Crippen molar-refractivity contribution in [3.05, 3.63) is 0 Å². The van der Waals surface area contributed by atoms with Crippen molar-refractivity contribution >= 4 is 11.9 Å². The first-order chi connectivity index (χ1) is 9.94. The van der Waals surface area contributed by atoms with Crippen LogP contribution in [0.25, 0.3) is 0 Å². The molecule has 1 aliphatic heterocycles. The summed E-state index contributed by atoms with van der Waals surface area (Å²) in [5.74, 6) is -0.271. The Kier molecular flexibility index (Phi) is 5.58. The second-order valence-corrected chi connectivity index (χ2v) is 6.63. The van der Waals surface area contributed by atoms with E-state index in [1.54, 1.807) is 0 Å². The van der Waals surface area contributed by atoms with E-state index in [4.69, 9.17) is 0 Å². The van der Waals surface area contributed by atoms with E-state index in [0.717, 1.165) is 45.1 Å². The number of rotatable bonds is 3. The van der Waals surface area contributed by atoms with Crippen LogP contribution in [0.1, 0.15) is 51.9 Å². The van der Waals surface area contributed by atoms with Gasteiger partial charge in [0.2, 0.25) is 5.91 Å². The minimum Gasteiger partial charge on any atom is -0.390 e. The minimum absolute atomic E-state index is 0.214. The molecule has 0 radical (unpaired) electrons. The second-order valence-electron chi connectivity index (χ2n) is 6.63. The van der Waals surface area contributed by atoms with E-state index < -0.39 is 5.60 Å². The second kappa shape index (κ2) is 7.22. The fourth-order valence-electron chi connectivity index (χ4n) is 3.14. The van der Waals surface area contributed by atoms with Crippen molar-refractivity contribution in [3.8, 4) is 0 Å². The molecule has 0 aromatic heterocycles. The topological polar surface area (TPSA) is 81.7 Å². The summed E-state index contributed by atoms with van der Waals surface area (Å²) < 4.78 is 0. The van der Waals surface area contributed by atoms with Gasteiger partial charge in [-0.3, -0.25) is 15.0 Å². The molecule has 21 heavy (non-hydrogen) atoms. The van der Waals surface area contributed by atoms with Gasteiger partial charge in [0.05, 0.1) is 12.1 Å². The first kappa shape index (κ1) is 16.2.